The van der Waals surface area contributed by atoms with Crippen LogP contribution in [0.1, 0.15) is 26.3 Å². The first-order valence-corrected chi connectivity index (χ1v) is 6.40. The monoisotopic (exact) mass is 250 g/mol. The van der Waals surface area contributed by atoms with Crippen LogP contribution in [0, 0.1) is 5.41 Å². The highest BCUT2D eigenvalue weighted by atomic mass is 16.5. The third-order valence-electron chi connectivity index (χ3n) is 3.23. The number of methoxy groups -OCH3 is 1. The Hall–Kier alpha value is -1.06. The fourth-order valence-corrected chi connectivity index (χ4v) is 1.72. The molecule has 0 heterocycles. The van der Waals surface area contributed by atoms with Crippen LogP contribution in [0.4, 0.5) is 0 Å². The van der Waals surface area contributed by atoms with Gasteiger partial charge >= 0.3 is 0 Å². The maximum absolute atomic E-state index is 6.19. The number of likely N-dealkylation sites (N-methyl/N-ethyl adjacent to an activating group) is 1. The van der Waals surface area contributed by atoms with Crippen molar-refractivity contribution in [3.63, 3.8) is 0 Å². The first-order chi connectivity index (χ1) is 8.32. The minimum absolute atomic E-state index is 0.147. The summed E-state index contributed by atoms with van der Waals surface area (Å²) >= 11 is 0. The van der Waals surface area contributed by atoms with Gasteiger partial charge in [-0.2, -0.15) is 0 Å². The third-order valence-corrected chi connectivity index (χ3v) is 3.23. The quantitative estimate of drug-likeness (QED) is 0.872. The lowest BCUT2D eigenvalue weighted by molar-refractivity contribution is 0.222. The van der Waals surface area contributed by atoms with E-state index in [-0.39, 0.29) is 11.5 Å². The molecule has 0 radical (unpaired) electrons. The summed E-state index contributed by atoms with van der Waals surface area (Å²) in [5.41, 5.74) is 7.61. The van der Waals surface area contributed by atoms with Gasteiger partial charge in [-0.1, -0.05) is 32.9 Å². The number of hydrogen-bond donors (Lipinski definition) is 1. The van der Waals surface area contributed by atoms with E-state index in [0.29, 0.717) is 0 Å². The summed E-state index contributed by atoms with van der Waals surface area (Å²) in [6.45, 7) is 8.35. The average molecular weight is 250 g/mol. The van der Waals surface area contributed by atoms with E-state index in [4.69, 9.17) is 10.5 Å². The zero-order chi connectivity index (χ0) is 13.8. The molecule has 1 aromatic carbocycles. The second-order valence-corrected chi connectivity index (χ2v) is 6.02. The van der Waals surface area contributed by atoms with Gasteiger partial charge in [0.05, 0.1) is 7.11 Å². The summed E-state index contributed by atoms with van der Waals surface area (Å²) in [4.78, 5) is 2.26. The summed E-state index contributed by atoms with van der Waals surface area (Å²) in [5.74, 6) is 0.896. The molecule has 1 atom stereocenters. The average Bonchev–Trinajstić information content (AvgIpc) is 2.28. The van der Waals surface area contributed by atoms with Crippen molar-refractivity contribution in [3.05, 3.63) is 29.8 Å². The van der Waals surface area contributed by atoms with E-state index >= 15 is 0 Å². The van der Waals surface area contributed by atoms with Gasteiger partial charge in [-0.25, -0.2) is 0 Å². The van der Waals surface area contributed by atoms with Crippen LogP contribution in [-0.4, -0.2) is 31.6 Å². The Labute approximate surface area is 111 Å². The highest BCUT2D eigenvalue weighted by molar-refractivity contribution is 5.27. The normalized spacial score (nSPS) is 13.7. The molecule has 0 spiro atoms. The van der Waals surface area contributed by atoms with Crippen LogP contribution in [0.25, 0.3) is 0 Å². The molecule has 18 heavy (non-hydrogen) atoms. The molecule has 1 unspecified atom stereocenters. The highest BCUT2D eigenvalue weighted by Crippen LogP contribution is 2.18. The van der Waals surface area contributed by atoms with Crippen molar-refractivity contribution in [2.45, 2.75) is 33.4 Å². The molecule has 0 amide bonds. The molecule has 1 aromatic rings. The van der Waals surface area contributed by atoms with Gasteiger partial charge in [-0.05, 0) is 30.2 Å². The van der Waals surface area contributed by atoms with Crippen molar-refractivity contribution in [2.75, 3.05) is 20.7 Å². The molecule has 0 aliphatic rings. The topological polar surface area (TPSA) is 38.5 Å². The molecule has 1 rings (SSSR count). The lowest BCUT2D eigenvalue weighted by Gasteiger charge is -2.31. The van der Waals surface area contributed by atoms with E-state index in [2.05, 4.69) is 44.9 Å². The first-order valence-electron chi connectivity index (χ1n) is 6.40. The van der Waals surface area contributed by atoms with Crippen molar-refractivity contribution in [2.24, 2.45) is 11.1 Å². The van der Waals surface area contributed by atoms with Gasteiger partial charge in [-0.15, -0.1) is 0 Å². The SMILES string of the molecule is COc1ccc(CN(C)CC(N)C(C)(C)C)cc1. The Bertz CT molecular complexity index is 354. The Morgan fingerprint density at radius 3 is 2.22 bits per heavy atom. The van der Waals surface area contributed by atoms with Crippen molar-refractivity contribution < 1.29 is 4.74 Å². The van der Waals surface area contributed by atoms with Crippen molar-refractivity contribution in [3.8, 4) is 5.75 Å². The Balaban J connectivity index is 2.51. The molecule has 0 saturated heterocycles. The van der Waals surface area contributed by atoms with E-state index in [0.717, 1.165) is 18.8 Å². The van der Waals surface area contributed by atoms with Gasteiger partial charge in [0.15, 0.2) is 0 Å². The van der Waals surface area contributed by atoms with E-state index < -0.39 is 0 Å². The number of ether oxygens (including phenoxy) is 1. The molecule has 0 fully saturated rings. The number of hydrogen-bond acceptors (Lipinski definition) is 3. The Kier molecular flexibility index (Phi) is 5.17. The number of rotatable bonds is 5. The van der Waals surface area contributed by atoms with Crippen LogP contribution in [0.3, 0.4) is 0 Å². The zero-order valence-electron chi connectivity index (χ0n) is 12.2. The second-order valence-electron chi connectivity index (χ2n) is 6.02. The van der Waals surface area contributed by atoms with Crippen molar-refractivity contribution in [1.29, 1.82) is 0 Å². The molecule has 0 aliphatic carbocycles. The lowest BCUT2D eigenvalue weighted by atomic mass is 9.87. The summed E-state index contributed by atoms with van der Waals surface area (Å²) in [6.07, 6.45) is 0. The standard InChI is InChI=1S/C15H26N2O/c1-15(2,3)14(16)11-17(4)10-12-6-8-13(18-5)9-7-12/h6-9,14H,10-11,16H2,1-5H3. The third kappa shape index (κ3) is 4.67. The van der Waals surface area contributed by atoms with Gasteiger partial charge in [0.2, 0.25) is 0 Å². The van der Waals surface area contributed by atoms with Crippen molar-refractivity contribution >= 4 is 0 Å². The predicted octanol–water partition coefficient (Wildman–Crippen LogP) is 2.50. The zero-order valence-corrected chi connectivity index (χ0v) is 12.2. The van der Waals surface area contributed by atoms with Crippen molar-refractivity contribution in [1.82, 2.24) is 4.90 Å². The highest BCUT2D eigenvalue weighted by Gasteiger charge is 2.21. The minimum Gasteiger partial charge on any atom is -0.497 e. The van der Waals surface area contributed by atoms with Crippen LogP contribution >= 0.6 is 0 Å². The Morgan fingerprint density at radius 2 is 1.78 bits per heavy atom. The van der Waals surface area contributed by atoms with Gasteiger partial charge < -0.3 is 15.4 Å². The molecular weight excluding hydrogens is 224 g/mol. The lowest BCUT2D eigenvalue weighted by Crippen LogP contribution is -2.43. The number of nitrogens with zero attached hydrogens (tertiary/aromatic N) is 1. The number of benzene rings is 1. The fraction of sp³-hybridized carbons (Fsp3) is 0.600. The van der Waals surface area contributed by atoms with E-state index in [1.165, 1.54) is 5.56 Å². The largest absolute Gasteiger partial charge is 0.497 e. The molecule has 2 N–H and O–H groups in total. The van der Waals surface area contributed by atoms with Gasteiger partial charge in [0.1, 0.15) is 5.75 Å². The summed E-state index contributed by atoms with van der Waals surface area (Å²) in [6, 6.07) is 8.36. The van der Waals surface area contributed by atoms with E-state index in [1.807, 2.05) is 12.1 Å². The van der Waals surface area contributed by atoms with Crippen LogP contribution < -0.4 is 10.5 Å². The van der Waals surface area contributed by atoms with Gasteiger partial charge in [-0.3, -0.25) is 0 Å². The molecule has 0 aliphatic heterocycles. The molecule has 0 saturated carbocycles. The smallest absolute Gasteiger partial charge is 0.118 e. The van der Waals surface area contributed by atoms with Gasteiger partial charge in [0.25, 0.3) is 0 Å². The molecule has 102 valence electrons. The molecule has 0 aromatic heterocycles. The Morgan fingerprint density at radius 1 is 1.22 bits per heavy atom. The predicted molar refractivity (Wildman–Crippen MR) is 76.8 cm³/mol. The molecule has 3 nitrogen and oxygen atoms in total. The minimum atomic E-state index is 0.147. The summed E-state index contributed by atoms with van der Waals surface area (Å²) < 4.78 is 5.15. The van der Waals surface area contributed by atoms with Crippen LogP contribution in [0.5, 0.6) is 5.75 Å². The fourth-order valence-electron chi connectivity index (χ4n) is 1.72. The van der Waals surface area contributed by atoms with Crippen LogP contribution in [0.15, 0.2) is 24.3 Å². The summed E-state index contributed by atoms with van der Waals surface area (Å²) in [7, 11) is 3.79. The maximum atomic E-state index is 6.19. The molecule has 0 bridgehead atoms. The number of nitrogens with two attached hydrogens (primary N) is 1. The molecule has 3 heteroatoms. The van der Waals surface area contributed by atoms with E-state index in [9.17, 15) is 0 Å². The second kappa shape index (κ2) is 6.21. The van der Waals surface area contributed by atoms with Crippen LogP contribution in [0.2, 0.25) is 0 Å². The van der Waals surface area contributed by atoms with Crippen LogP contribution in [-0.2, 0) is 6.54 Å². The van der Waals surface area contributed by atoms with Gasteiger partial charge in [0, 0.05) is 19.1 Å². The maximum Gasteiger partial charge on any atom is 0.118 e. The van der Waals surface area contributed by atoms with E-state index in [1.54, 1.807) is 7.11 Å². The first kappa shape index (κ1) is 15.0. The summed E-state index contributed by atoms with van der Waals surface area (Å²) in [5, 5.41) is 0. The molecular formula is C15H26N2O.